The van der Waals surface area contributed by atoms with E-state index in [0.717, 1.165) is 37.7 Å². The average molecular weight is 879 g/mol. The third-order valence-corrected chi connectivity index (χ3v) is 15.9. The zero-order valence-corrected chi connectivity index (χ0v) is 40.1. The van der Waals surface area contributed by atoms with Crippen LogP contribution in [0.25, 0.3) is 0 Å². The summed E-state index contributed by atoms with van der Waals surface area (Å²) in [6.45, 7) is 14.3. The van der Waals surface area contributed by atoms with Crippen LogP contribution in [-0.4, -0.2) is 75.3 Å². The van der Waals surface area contributed by atoms with E-state index < -0.39 is 64.3 Å². The lowest BCUT2D eigenvalue weighted by molar-refractivity contribution is -0.406. The highest BCUT2D eigenvalue weighted by Gasteiger charge is 2.88. The number of rotatable bonds is 31. The predicted octanol–water partition coefficient (Wildman–Crippen LogP) is 12.0. The number of ether oxygens (including phenoxy) is 5. The number of epoxide rings is 1. The van der Waals surface area contributed by atoms with Crippen LogP contribution in [0.5, 0.6) is 0 Å². The maximum absolute atomic E-state index is 14.1. The number of hydrogen-bond donors (Lipinski definition) is 2. The number of fused-ring (bicyclic) bond motifs is 3. The molecule has 6 aliphatic rings. The minimum atomic E-state index is -2.27. The van der Waals surface area contributed by atoms with E-state index >= 15 is 0 Å². The van der Waals surface area contributed by atoms with Crippen molar-refractivity contribution in [2.24, 2.45) is 17.8 Å². The number of allylic oxidation sites excluding steroid dienone is 3. The summed E-state index contributed by atoms with van der Waals surface area (Å²) in [6, 6.07) is 0. The molecule has 3 saturated heterocycles. The molecule has 3 bridgehead atoms. The van der Waals surface area contributed by atoms with Crippen molar-refractivity contribution in [3.8, 4) is 0 Å². The molecule has 3 aliphatic carbocycles. The molecule has 0 aromatic rings. The minimum absolute atomic E-state index is 0.260. The summed E-state index contributed by atoms with van der Waals surface area (Å²) in [5.41, 5.74) is -4.85. The molecule has 6 rings (SSSR count). The maximum atomic E-state index is 14.1. The van der Waals surface area contributed by atoms with Crippen molar-refractivity contribution in [3.05, 3.63) is 48.1 Å². The monoisotopic (exact) mass is 879 g/mol. The number of unbranched alkanes of at least 4 members (excludes halogenated alkanes) is 23. The van der Waals surface area contributed by atoms with Gasteiger partial charge in [-0.3, -0.25) is 9.59 Å². The highest BCUT2D eigenvalue weighted by atomic mass is 16.9. The van der Waals surface area contributed by atoms with Crippen molar-refractivity contribution < 1.29 is 43.5 Å². The van der Waals surface area contributed by atoms with Crippen LogP contribution in [0.15, 0.2) is 48.1 Å². The maximum Gasteiger partial charge on any atom is 0.306 e. The van der Waals surface area contributed by atoms with Gasteiger partial charge < -0.3 is 33.9 Å². The van der Waals surface area contributed by atoms with Crippen molar-refractivity contribution in [1.82, 2.24) is 0 Å². The number of ketones is 1. The fourth-order valence-electron chi connectivity index (χ4n) is 12.2. The van der Waals surface area contributed by atoms with Crippen LogP contribution in [0, 0.1) is 17.8 Å². The van der Waals surface area contributed by atoms with Crippen molar-refractivity contribution in [2.75, 3.05) is 6.61 Å². The van der Waals surface area contributed by atoms with Crippen molar-refractivity contribution in [1.29, 1.82) is 0 Å². The van der Waals surface area contributed by atoms with Gasteiger partial charge in [0.15, 0.2) is 17.0 Å². The molecule has 356 valence electrons. The van der Waals surface area contributed by atoms with E-state index in [0.29, 0.717) is 12.0 Å². The molecule has 0 spiro atoms. The minimum Gasteiger partial charge on any atom is -0.462 e. The third-order valence-electron chi connectivity index (χ3n) is 15.9. The molecule has 5 fully saturated rings. The second-order valence-electron chi connectivity index (χ2n) is 20.6. The van der Waals surface area contributed by atoms with Gasteiger partial charge >= 0.3 is 11.9 Å². The number of carbonyl (C=O) groups excluding carboxylic acids is 2. The van der Waals surface area contributed by atoms with Crippen LogP contribution in [-0.2, 0) is 33.3 Å². The highest BCUT2D eigenvalue weighted by molar-refractivity contribution is 6.05. The number of esters is 1. The predicted molar refractivity (Wildman–Crippen MR) is 249 cm³/mol. The Kier molecular flexibility index (Phi) is 18.0. The van der Waals surface area contributed by atoms with E-state index in [4.69, 9.17) is 23.7 Å². The lowest BCUT2D eigenvalue weighted by atomic mass is 9.54. The van der Waals surface area contributed by atoms with E-state index in [1.807, 2.05) is 19.1 Å². The molecular formula is C54H86O9. The van der Waals surface area contributed by atoms with Crippen LogP contribution in [0.4, 0.5) is 0 Å². The first kappa shape index (κ1) is 50.3. The van der Waals surface area contributed by atoms with Crippen molar-refractivity contribution in [3.63, 3.8) is 0 Å². The SMILES string of the molecule is C=C(C)C12CC(C)C34OC(C=CC=CCCCCCCCCC)(OC1C3C1OC1(COC(=O)CCCCCCCCCCCCCCCCCCC)C(O)C1(O)C(=O)C(C)=CC14)O2. The number of Topliss-reactive ketones (excluding diaryl/α,β-unsaturated/α-hetero) is 1. The smallest absolute Gasteiger partial charge is 0.306 e. The van der Waals surface area contributed by atoms with Gasteiger partial charge in [-0.25, -0.2) is 0 Å². The molecule has 3 aliphatic heterocycles. The van der Waals surface area contributed by atoms with Gasteiger partial charge in [0.1, 0.15) is 30.5 Å². The number of hydrogen-bond acceptors (Lipinski definition) is 9. The molecule has 0 aromatic carbocycles. The summed E-state index contributed by atoms with van der Waals surface area (Å²) in [7, 11) is 0. The molecule has 2 N–H and O–H groups in total. The molecule has 0 aromatic heterocycles. The van der Waals surface area contributed by atoms with Gasteiger partial charge in [-0.05, 0) is 56.6 Å². The van der Waals surface area contributed by atoms with E-state index in [9.17, 15) is 19.8 Å². The Morgan fingerprint density at radius 1 is 0.794 bits per heavy atom. The summed E-state index contributed by atoms with van der Waals surface area (Å²) in [5.74, 6) is -4.34. The van der Waals surface area contributed by atoms with E-state index in [2.05, 4.69) is 33.4 Å². The summed E-state index contributed by atoms with van der Waals surface area (Å²) in [6.07, 6.45) is 38.6. The molecule has 11 atom stereocenters. The van der Waals surface area contributed by atoms with Gasteiger partial charge in [0.25, 0.3) is 0 Å². The summed E-state index contributed by atoms with van der Waals surface area (Å²) in [4.78, 5) is 27.4. The Morgan fingerprint density at radius 3 is 1.89 bits per heavy atom. The topological polar surface area (TPSA) is 124 Å². The van der Waals surface area contributed by atoms with Crippen molar-refractivity contribution >= 4 is 11.8 Å². The van der Waals surface area contributed by atoms with Gasteiger partial charge in [0, 0.05) is 24.3 Å². The normalized spacial score (nSPS) is 36.1. The molecule has 11 unspecified atom stereocenters. The molecule has 3 heterocycles. The Morgan fingerprint density at radius 2 is 1.33 bits per heavy atom. The van der Waals surface area contributed by atoms with Crippen LogP contribution >= 0.6 is 0 Å². The molecule has 0 amide bonds. The Bertz CT molecular complexity index is 1620. The Labute approximate surface area is 381 Å². The lowest BCUT2D eigenvalue weighted by Gasteiger charge is -2.59. The fourth-order valence-corrected chi connectivity index (χ4v) is 12.2. The zero-order valence-electron chi connectivity index (χ0n) is 40.1. The van der Waals surface area contributed by atoms with Gasteiger partial charge in [0.05, 0.1) is 5.60 Å². The van der Waals surface area contributed by atoms with Crippen LogP contribution in [0.2, 0.25) is 0 Å². The second-order valence-corrected chi connectivity index (χ2v) is 20.6. The van der Waals surface area contributed by atoms with Crippen LogP contribution < -0.4 is 0 Å². The Balaban J connectivity index is 1.03. The molecule has 0 radical (unpaired) electrons. The first-order valence-electron chi connectivity index (χ1n) is 25.9. The zero-order chi connectivity index (χ0) is 45.1. The van der Waals surface area contributed by atoms with Gasteiger partial charge in [-0.15, -0.1) is 0 Å². The molecule has 63 heavy (non-hydrogen) atoms. The Hall–Kier alpha value is -2.14. The van der Waals surface area contributed by atoms with E-state index in [-0.39, 0.29) is 24.9 Å². The summed E-state index contributed by atoms with van der Waals surface area (Å²) >= 11 is 0. The van der Waals surface area contributed by atoms with Gasteiger partial charge in [-0.2, -0.15) is 0 Å². The highest BCUT2D eigenvalue weighted by Crippen LogP contribution is 2.72. The van der Waals surface area contributed by atoms with Crippen molar-refractivity contribution in [2.45, 2.75) is 255 Å². The van der Waals surface area contributed by atoms with Gasteiger partial charge in [0.2, 0.25) is 0 Å². The standard InChI is InChI=1S/C54H86O9/c1-7-9-11-13-15-17-19-20-21-22-23-24-25-27-29-31-33-35-44(55)59-39-51-48(60-51)45-47-50(40(3)4)38-42(6)54(45,43-37-41(5)46(56)53(43,58)49(51)57)63-52(61-47,62-50)36-34-32-30-28-26-18-16-14-12-10-8-2/h30,32,34,36-37,42-43,45,47-49,57-58H,3,7-29,31,33,35,38-39H2,1-2,4-6H3. The number of carbonyl (C=O) groups is 2. The third kappa shape index (κ3) is 10.5. The summed E-state index contributed by atoms with van der Waals surface area (Å²) in [5, 5.41) is 25.0. The largest absolute Gasteiger partial charge is 0.462 e. The van der Waals surface area contributed by atoms with Crippen LogP contribution in [0.1, 0.15) is 208 Å². The fraction of sp³-hybridized carbons (Fsp3) is 0.815. The lowest BCUT2D eigenvalue weighted by Crippen LogP contribution is -2.72. The summed E-state index contributed by atoms with van der Waals surface area (Å²) < 4.78 is 33.4. The molecule has 9 nitrogen and oxygen atoms in total. The molecule has 9 heteroatoms. The number of aliphatic hydroxyl groups is 2. The van der Waals surface area contributed by atoms with E-state index in [1.54, 1.807) is 19.1 Å². The second kappa shape index (κ2) is 22.6. The molecular weight excluding hydrogens is 793 g/mol. The van der Waals surface area contributed by atoms with E-state index in [1.165, 1.54) is 128 Å². The van der Waals surface area contributed by atoms with Crippen LogP contribution in [0.3, 0.4) is 0 Å². The first-order chi connectivity index (χ1) is 30.4. The van der Waals surface area contributed by atoms with Gasteiger partial charge in [-0.1, -0.05) is 193 Å². The molecule has 2 saturated carbocycles. The first-order valence-corrected chi connectivity index (χ1v) is 25.9. The number of aliphatic hydroxyl groups excluding tert-OH is 1. The average Bonchev–Trinajstić information content (AvgIpc) is 3.89. The quantitative estimate of drug-likeness (QED) is 0.0230.